The van der Waals surface area contributed by atoms with Gasteiger partial charge in [-0.15, -0.1) is 11.3 Å². The van der Waals surface area contributed by atoms with E-state index in [4.69, 9.17) is 12.2 Å². The Balaban J connectivity index is 2.00. The maximum atomic E-state index is 12.4. The lowest BCUT2D eigenvalue weighted by molar-refractivity contribution is -0.133. The second-order valence-electron chi connectivity index (χ2n) is 5.12. The Bertz CT molecular complexity index is 508. The molecule has 4 nitrogen and oxygen atoms in total. The van der Waals surface area contributed by atoms with Gasteiger partial charge < -0.3 is 9.88 Å². The van der Waals surface area contributed by atoms with Crippen LogP contribution in [0.15, 0.2) is 0 Å². The van der Waals surface area contributed by atoms with E-state index in [0.717, 1.165) is 40.6 Å². The van der Waals surface area contributed by atoms with Gasteiger partial charge in [-0.05, 0) is 32.6 Å². The number of aryl methyl sites for hydroxylation is 1. The smallest absolute Gasteiger partial charge is 0.227 e. The zero-order valence-corrected chi connectivity index (χ0v) is 13.4. The minimum Gasteiger partial charge on any atom is -0.341 e. The van der Waals surface area contributed by atoms with Crippen molar-refractivity contribution in [3.05, 3.63) is 14.5 Å². The van der Waals surface area contributed by atoms with Crippen molar-refractivity contribution in [2.45, 2.75) is 32.7 Å². The molecular weight excluding hydrogens is 278 g/mol. The van der Waals surface area contributed by atoms with Crippen molar-refractivity contribution in [2.24, 2.45) is 0 Å². The van der Waals surface area contributed by atoms with Crippen molar-refractivity contribution < 1.29 is 4.79 Å². The van der Waals surface area contributed by atoms with Crippen LogP contribution < -0.4 is 0 Å². The molecule has 0 aromatic carbocycles. The first-order valence-corrected chi connectivity index (χ1v) is 7.90. The predicted molar refractivity (Wildman–Crippen MR) is 81.2 cm³/mol. The van der Waals surface area contributed by atoms with Gasteiger partial charge in [-0.25, -0.2) is 0 Å². The Kier molecular flexibility index (Phi) is 4.76. The molecule has 0 saturated carbocycles. The molecule has 1 N–H and O–H groups in total. The molecule has 2 rings (SSSR count). The van der Waals surface area contributed by atoms with Gasteiger partial charge in [0.25, 0.3) is 0 Å². The van der Waals surface area contributed by atoms with Crippen LogP contribution >= 0.6 is 23.6 Å². The number of nitrogens with zero attached hydrogens (tertiary/aromatic N) is 2. The summed E-state index contributed by atoms with van der Waals surface area (Å²) in [6.07, 6.45) is 1.56. The molecule has 6 heteroatoms. The highest BCUT2D eigenvalue weighted by Gasteiger charge is 2.26. The average molecular weight is 299 g/mol. The summed E-state index contributed by atoms with van der Waals surface area (Å²) in [6, 6.07) is 0.489. The van der Waals surface area contributed by atoms with E-state index in [9.17, 15) is 4.79 Å². The van der Waals surface area contributed by atoms with E-state index in [2.05, 4.69) is 23.9 Å². The van der Waals surface area contributed by atoms with Gasteiger partial charge in [0.1, 0.15) is 0 Å². The van der Waals surface area contributed by atoms with Gasteiger partial charge in [0.15, 0.2) is 3.95 Å². The number of hydrogen-bond donors (Lipinski definition) is 1. The summed E-state index contributed by atoms with van der Waals surface area (Å²) in [6.45, 7) is 6.80. The molecule has 1 aromatic rings. The van der Waals surface area contributed by atoms with Gasteiger partial charge >= 0.3 is 0 Å². The molecular formula is C13H21N3OS2. The second-order valence-corrected chi connectivity index (χ2v) is 6.89. The first kappa shape index (κ1) is 14.7. The van der Waals surface area contributed by atoms with Crippen molar-refractivity contribution in [1.82, 2.24) is 14.8 Å². The van der Waals surface area contributed by atoms with Gasteiger partial charge in [-0.3, -0.25) is 9.69 Å². The summed E-state index contributed by atoms with van der Waals surface area (Å²) in [7, 11) is 2.14. The summed E-state index contributed by atoms with van der Waals surface area (Å²) in [5.41, 5.74) is 1.03. The third-order valence-electron chi connectivity index (χ3n) is 3.84. The van der Waals surface area contributed by atoms with E-state index in [1.807, 2.05) is 11.8 Å². The highest BCUT2D eigenvalue weighted by molar-refractivity contribution is 7.73. The SMILES string of the molecule is CCC1CN(C(=O)Cc2sc(=S)[nH]c2C)CCN1C. The number of carbonyl (C=O) groups excluding carboxylic acids is 1. The average Bonchev–Trinajstić information content (AvgIpc) is 2.68. The van der Waals surface area contributed by atoms with Crippen LogP contribution in [0.3, 0.4) is 0 Å². The Labute approximate surface area is 123 Å². The maximum absolute atomic E-state index is 12.4. The van der Waals surface area contributed by atoms with Crippen molar-refractivity contribution >= 4 is 29.5 Å². The zero-order chi connectivity index (χ0) is 14.0. The van der Waals surface area contributed by atoms with Crippen molar-refractivity contribution in [2.75, 3.05) is 26.7 Å². The lowest BCUT2D eigenvalue weighted by Crippen LogP contribution is -2.53. The summed E-state index contributed by atoms with van der Waals surface area (Å²) >= 11 is 6.63. The van der Waals surface area contributed by atoms with Crippen LogP contribution in [0.5, 0.6) is 0 Å². The number of carbonyl (C=O) groups is 1. The van der Waals surface area contributed by atoms with Crippen LogP contribution in [-0.4, -0.2) is 53.4 Å². The lowest BCUT2D eigenvalue weighted by atomic mass is 10.1. The van der Waals surface area contributed by atoms with Crippen molar-refractivity contribution in [3.8, 4) is 0 Å². The van der Waals surface area contributed by atoms with E-state index < -0.39 is 0 Å². The zero-order valence-electron chi connectivity index (χ0n) is 11.7. The minimum absolute atomic E-state index is 0.222. The third kappa shape index (κ3) is 3.43. The van der Waals surface area contributed by atoms with Crippen LogP contribution in [0, 0.1) is 10.9 Å². The Morgan fingerprint density at radius 3 is 2.84 bits per heavy atom. The molecule has 0 aliphatic carbocycles. The quantitative estimate of drug-likeness (QED) is 0.870. The monoisotopic (exact) mass is 299 g/mol. The fraction of sp³-hybridized carbons (Fsp3) is 0.692. The minimum atomic E-state index is 0.222. The molecule has 0 bridgehead atoms. The van der Waals surface area contributed by atoms with Gasteiger partial charge in [-0.1, -0.05) is 6.92 Å². The number of H-pyrrole nitrogens is 1. The Morgan fingerprint density at radius 1 is 1.53 bits per heavy atom. The normalized spacial score (nSPS) is 20.8. The summed E-state index contributed by atoms with van der Waals surface area (Å²) in [5.74, 6) is 0.222. The number of aromatic nitrogens is 1. The van der Waals surface area contributed by atoms with Gasteiger partial charge in [0.05, 0.1) is 6.42 Å². The van der Waals surface area contributed by atoms with Crippen LogP contribution in [-0.2, 0) is 11.2 Å². The molecule has 2 heterocycles. The number of rotatable bonds is 3. The molecule has 0 spiro atoms. The van der Waals surface area contributed by atoms with Crippen LogP contribution in [0.25, 0.3) is 0 Å². The molecule has 106 valence electrons. The molecule has 1 aliphatic heterocycles. The summed E-state index contributed by atoms with van der Waals surface area (Å²) < 4.78 is 0.755. The highest BCUT2D eigenvalue weighted by Crippen LogP contribution is 2.18. The first-order chi connectivity index (χ1) is 9.01. The first-order valence-electron chi connectivity index (χ1n) is 6.67. The standard InChI is InChI=1S/C13H21N3OS2/c1-4-10-8-16(6-5-15(10)3)12(17)7-11-9(2)14-13(18)19-11/h10H,4-8H2,1-3H3,(H,14,18). The molecule has 1 aromatic heterocycles. The lowest BCUT2D eigenvalue weighted by Gasteiger charge is -2.39. The van der Waals surface area contributed by atoms with Crippen molar-refractivity contribution in [3.63, 3.8) is 0 Å². The van der Waals surface area contributed by atoms with Crippen LogP contribution in [0.4, 0.5) is 0 Å². The number of aromatic amines is 1. The molecule has 1 saturated heterocycles. The third-order valence-corrected chi connectivity index (χ3v) is 5.17. The van der Waals surface area contributed by atoms with E-state index in [1.165, 1.54) is 11.3 Å². The second kappa shape index (κ2) is 6.15. The van der Waals surface area contributed by atoms with Crippen LogP contribution in [0.1, 0.15) is 23.9 Å². The number of nitrogens with one attached hydrogen (secondary N) is 1. The Morgan fingerprint density at radius 2 is 2.26 bits per heavy atom. The van der Waals surface area contributed by atoms with E-state index >= 15 is 0 Å². The molecule has 1 aliphatic rings. The molecule has 1 unspecified atom stereocenters. The van der Waals surface area contributed by atoms with Gasteiger partial charge in [-0.2, -0.15) is 0 Å². The van der Waals surface area contributed by atoms with Gasteiger partial charge in [0, 0.05) is 36.2 Å². The van der Waals surface area contributed by atoms with Gasteiger partial charge in [0.2, 0.25) is 5.91 Å². The predicted octanol–water partition coefficient (Wildman–Crippen LogP) is 2.21. The van der Waals surface area contributed by atoms with E-state index in [1.54, 1.807) is 0 Å². The number of piperazine rings is 1. The maximum Gasteiger partial charge on any atom is 0.227 e. The summed E-state index contributed by atoms with van der Waals surface area (Å²) in [5, 5.41) is 0. The molecule has 1 fully saturated rings. The molecule has 1 atom stereocenters. The largest absolute Gasteiger partial charge is 0.341 e. The highest BCUT2D eigenvalue weighted by atomic mass is 32.1. The summed E-state index contributed by atoms with van der Waals surface area (Å²) in [4.78, 5) is 20.9. The topological polar surface area (TPSA) is 39.3 Å². The fourth-order valence-corrected chi connectivity index (χ4v) is 3.75. The van der Waals surface area contributed by atoms with Crippen LogP contribution in [0.2, 0.25) is 0 Å². The number of amides is 1. The molecule has 1 amide bonds. The van der Waals surface area contributed by atoms with Crippen molar-refractivity contribution in [1.29, 1.82) is 0 Å². The Hall–Kier alpha value is -0.720. The number of hydrogen-bond acceptors (Lipinski definition) is 4. The fourth-order valence-electron chi connectivity index (χ4n) is 2.47. The molecule has 19 heavy (non-hydrogen) atoms. The van der Waals surface area contributed by atoms with E-state index in [-0.39, 0.29) is 5.91 Å². The number of likely N-dealkylation sites (N-methyl/N-ethyl adjacent to an activating group) is 1. The van der Waals surface area contributed by atoms with E-state index in [0.29, 0.717) is 12.5 Å². The molecule has 0 radical (unpaired) electrons. The number of thiazole rings is 1.